The van der Waals surface area contributed by atoms with Crippen LogP contribution >= 0.6 is 15.9 Å². The van der Waals surface area contributed by atoms with Crippen molar-refractivity contribution in [3.8, 4) is 0 Å². The molecule has 0 aliphatic heterocycles. The third kappa shape index (κ3) is 20.3. The predicted molar refractivity (Wildman–Crippen MR) is 95.1 cm³/mol. The van der Waals surface area contributed by atoms with Gasteiger partial charge in [0.05, 0.1) is 39.6 Å². The van der Waals surface area contributed by atoms with E-state index in [0.29, 0.717) is 39.6 Å². The zero-order valence-corrected chi connectivity index (χ0v) is 15.9. The summed E-state index contributed by atoms with van der Waals surface area (Å²) in [4.78, 5) is 0. The summed E-state index contributed by atoms with van der Waals surface area (Å²) < 4.78 is 21.1. The Labute approximate surface area is 145 Å². The molecule has 22 heavy (non-hydrogen) atoms. The Kier molecular flexibility index (Phi) is 21.6. The molecule has 0 fully saturated rings. The number of methoxy groups -OCH3 is 1. The first-order chi connectivity index (χ1) is 10.9. The Morgan fingerprint density at radius 1 is 0.500 bits per heavy atom. The van der Waals surface area contributed by atoms with Crippen LogP contribution in [-0.4, -0.2) is 58.7 Å². The van der Waals surface area contributed by atoms with Gasteiger partial charge in [0, 0.05) is 19.0 Å². The van der Waals surface area contributed by atoms with Crippen LogP contribution in [0.5, 0.6) is 0 Å². The fraction of sp³-hybridized carbons (Fsp3) is 1.00. The van der Waals surface area contributed by atoms with Crippen molar-refractivity contribution in [1.29, 1.82) is 0 Å². The number of rotatable bonds is 19. The third-order valence-corrected chi connectivity index (χ3v) is 3.91. The maximum absolute atomic E-state index is 5.55. The van der Waals surface area contributed by atoms with Crippen molar-refractivity contribution in [3.05, 3.63) is 0 Å². The minimum Gasteiger partial charge on any atom is -0.382 e. The highest BCUT2D eigenvalue weighted by Crippen LogP contribution is 2.09. The van der Waals surface area contributed by atoms with Crippen LogP contribution in [-0.2, 0) is 18.9 Å². The van der Waals surface area contributed by atoms with Crippen LogP contribution in [0.1, 0.15) is 51.4 Å². The molecule has 0 saturated carbocycles. The maximum Gasteiger partial charge on any atom is 0.0701 e. The minimum atomic E-state index is 0.624. The molecule has 0 aliphatic rings. The molecule has 0 unspecified atom stereocenters. The van der Waals surface area contributed by atoms with Gasteiger partial charge >= 0.3 is 0 Å². The average molecular weight is 383 g/mol. The van der Waals surface area contributed by atoms with Crippen LogP contribution in [0.25, 0.3) is 0 Å². The molecule has 0 atom stereocenters. The largest absolute Gasteiger partial charge is 0.382 e. The average Bonchev–Trinajstić information content (AvgIpc) is 2.54. The first-order valence-electron chi connectivity index (χ1n) is 8.70. The summed E-state index contributed by atoms with van der Waals surface area (Å²) in [6.45, 7) is 4.72. The molecule has 0 aromatic rings. The molecule has 0 amide bonds. The van der Waals surface area contributed by atoms with Gasteiger partial charge in [-0.1, -0.05) is 54.5 Å². The van der Waals surface area contributed by atoms with E-state index in [-0.39, 0.29) is 0 Å². The van der Waals surface area contributed by atoms with Crippen LogP contribution in [0.4, 0.5) is 0 Å². The molecule has 0 spiro atoms. The lowest BCUT2D eigenvalue weighted by Crippen LogP contribution is -2.11. The van der Waals surface area contributed by atoms with Crippen molar-refractivity contribution in [3.63, 3.8) is 0 Å². The fourth-order valence-corrected chi connectivity index (χ4v) is 2.44. The van der Waals surface area contributed by atoms with Crippen LogP contribution in [0.2, 0.25) is 0 Å². The SMILES string of the molecule is COCCOCCOCCOCCCCCCCCCCBr. The molecule has 134 valence electrons. The number of ether oxygens (including phenoxy) is 4. The van der Waals surface area contributed by atoms with Gasteiger partial charge < -0.3 is 18.9 Å². The summed E-state index contributed by atoms with van der Waals surface area (Å²) in [6, 6.07) is 0. The number of hydrogen-bond donors (Lipinski definition) is 0. The van der Waals surface area contributed by atoms with Gasteiger partial charge in [0.15, 0.2) is 0 Å². The maximum atomic E-state index is 5.55. The molecule has 0 saturated heterocycles. The summed E-state index contributed by atoms with van der Waals surface area (Å²) in [6.07, 6.45) is 10.6. The smallest absolute Gasteiger partial charge is 0.0701 e. The van der Waals surface area contributed by atoms with Gasteiger partial charge in [-0.3, -0.25) is 0 Å². The lowest BCUT2D eigenvalue weighted by Gasteiger charge is -2.06. The highest BCUT2D eigenvalue weighted by atomic mass is 79.9. The molecule has 0 heterocycles. The highest BCUT2D eigenvalue weighted by Gasteiger charge is 1.94. The first-order valence-corrected chi connectivity index (χ1v) is 9.82. The zero-order valence-electron chi connectivity index (χ0n) is 14.3. The summed E-state index contributed by atoms with van der Waals surface area (Å²) >= 11 is 3.47. The fourth-order valence-electron chi connectivity index (χ4n) is 2.04. The lowest BCUT2D eigenvalue weighted by atomic mass is 10.1. The third-order valence-electron chi connectivity index (χ3n) is 3.35. The second-order valence-electron chi connectivity index (χ2n) is 5.35. The molecule has 0 radical (unpaired) electrons. The monoisotopic (exact) mass is 382 g/mol. The predicted octanol–water partition coefficient (Wildman–Crippen LogP) is 4.20. The first kappa shape index (κ1) is 22.3. The van der Waals surface area contributed by atoms with E-state index in [9.17, 15) is 0 Å². The lowest BCUT2D eigenvalue weighted by molar-refractivity contribution is 0.00323. The summed E-state index contributed by atoms with van der Waals surface area (Å²) in [5.41, 5.74) is 0. The summed E-state index contributed by atoms with van der Waals surface area (Å²) in [5.74, 6) is 0. The van der Waals surface area contributed by atoms with E-state index in [1.54, 1.807) is 7.11 Å². The van der Waals surface area contributed by atoms with E-state index in [4.69, 9.17) is 18.9 Å². The zero-order chi connectivity index (χ0) is 16.1. The molecular weight excluding hydrogens is 348 g/mol. The van der Waals surface area contributed by atoms with E-state index in [1.165, 1.54) is 51.4 Å². The van der Waals surface area contributed by atoms with Crippen LogP contribution in [0.15, 0.2) is 0 Å². The van der Waals surface area contributed by atoms with Gasteiger partial charge in [-0.05, 0) is 12.8 Å². The molecule has 0 rings (SSSR count). The number of unbranched alkanes of at least 4 members (excludes halogenated alkanes) is 7. The second kappa shape index (κ2) is 21.3. The normalized spacial score (nSPS) is 11.2. The molecule has 0 aliphatic carbocycles. The Balaban J connectivity index is 2.91. The van der Waals surface area contributed by atoms with Gasteiger partial charge in [-0.15, -0.1) is 0 Å². The molecule has 0 aromatic heterocycles. The van der Waals surface area contributed by atoms with Gasteiger partial charge in [0.25, 0.3) is 0 Å². The van der Waals surface area contributed by atoms with E-state index >= 15 is 0 Å². The molecule has 0 N–H and O–H groups in total. The van der Waals surface area contributed by atoms with Crippen molar-refractivity contribution in [2.45, 2.75) is 51.4 Å². The van der Waals surface area contributed by atoms with Crippen LogP contribution < -0.4 is 0 Å². The summed E-state index contributed by atoms with van der Waals surface area (Å²) in [7, 11) is 1.67. The van der Waals surface area contributed by atoms with E-state index < -0.39 is 0 Å². The van der Waals surface area contributed by atoms with Crippen molar-refractivity contribution in [2.75, 3.05) is 58.7 Å². The van der Waals surface area contributed by atoms with Crippen molar-refractivity contribution in [1.82, 2.24) is 0 Å². The van der Waals surface area contributed by atoms with Crippen LogP contribution in [0.3, 0.4) is 0 Å². The van der Waals surface area contributed by atoms with Crippen molar-refractivity contribution in [2.24, 2.45) is 0 Å². The van der Waals surface area contributed by atoms with E-state index in [2.05, 4.69) is 15.9 Å². The van der Waals surface area contributed by atoms with Crippen molar-refractivity contribution < 1.29 is 18.9 Å². The van der Waals surface area contributed by atoms with Crippen LogP contribution in [0, 0.1) is 0 Å². The Hall–Kier alpha value is 0.320. The van der Waals surface area contributed by atoms with Gasteiger partial charge in [0.1, 0.15) is 0 Å². The number of halogens is 1. The second-order valence-corrected chi connectivity index (χ2v) is 6.14. The van der Waals surface area contributed by atoms with E-state index in [0.717, 1.165) is 11.9 Å². The minimum absolute atomic E-state index is 0.624. The van der Waals surface area contributed by atoms with E-state index in [1.807, 2.05) is 0 Å². The topological polar surface area (TPSA) is 36.9 Å². The highest BCUT2D eigenvalue weighted by molar-refractivity contribution is 9.09. The number of hydrogen-bond acceptors (Lipinski definition) is 4. The van der Waals surface area contributed by atoms with Gasteiger partial charge in [-0.25, -0.2) is 0 Å². The van der Waals surface area contributed by atoms with Crippen molar-refractivity contribution >= 4 is 15.9 Å². The molecule has 0 bridgehead atoms. The number of alkyl halides is 1. The molecule has 4 nitrogen and oxygen atoms in total. The molecular formula is C17H35BrO4. The Bertz CT molecular complexity index is 173. The Morgan fingerprint density at radius 2 is 0.909 bits per heavy atom. The quantitative estimate of drug-likeness (QED) is 0.248. The standard InChI is InChI=1S/C17H35BrO4/c1-19-12-13-21-16-17-22-15-14-20-11-9-7-5-3-2-4-6-8-10-18/h2-17H2,1H3. The summed E-state index contributed by atoms with van der Waals surface area (Å²) in [5, 5.41) is 1.15. The Morgan fingerprint density at radius 3 is 1.41 bits per heavy atom. The molecule has 5 heteroatoms. The van der Waals surface area contributed by atoms with Gasteiger partial charge in [0.2, 0.25) is 0 Å². The van der Waals surface area contributed by atoms with Gasteiger partial charge in [-0.2, -0.15) is 0 Å². The molecule has 0 aromatic carbocycles.